The van der Waals surface area contributed by atoms with E-state index in [0.717, 1.165) is 0 Å². The van der Waals surface area contributed by atoms with Crippen LogP contribution in [0.25, 0.3) is 0 Å². The number of hydrogen-bond acceptors (Lipinski definition) is 5. The second-order valence-electron chi connectivity index (χ2n) is 4.15. The Balaban J connectivity index is 2.71. The van der Waals surface area contributed by atoms with Crippen LogP contribution in [0.4, 0.5) is 4.39 Å². The molecule has 0 saturated heterocycles. The summed E-state index contributed by atoms with van der Waals surface area (Å²) in [5, 5.41) is 11.9. The van der Waals surface area contributed by atoms with Gasteiger partial charge in [0.2, 0.25) is 5.91 Å². The molecule has 0 bridgehead atoms. The zero-order valence-electron chi connectivity index (χ0n) is 10.2. The van der Waals surface area contributed by atoms with Crippen LogP contribution in [-0.4, -0.2) is 5.91 Å². The van der Waals surface area contributed by atoms with Crippen molar-refractivity contribution in [3.8, 4) is 6.07 Å². The highest BCUT2D eigenvalue weighted by Gasteiger charge is 2.34. The van der Waals surface area contributed by atoms with Gasteiger partial charge in [-0.25, -0.2) is 4.39 Å². The molecule has 0 fully saturated rings. The van der Waals surface area contributed by atoms with Crippen LogP contribution in [0.1, 0.15) is 11.5 Å². The third kappa shape index (κ3) is 2.21. The van der Waals surface area contributed by atoms with Gasteiger partial charge in [0.1, 0.15) is 11.6 Å². The first-order chi connectivity index (χ1) is 9.47. The van der Waals surface area contributed by atoms with Crippen molar-refractivity contribution < 1.29 is 9.18 Å². The Bertz CT molecular complexity index is 690. The number of amides is 1. The number of carbonyl (C=O) groups is 1. The second-order valence-corrected chi connectivity index (χ2v) is 4.59. The smallest absolute Gasteiger partial charge is 0.248 e. The standard InChI is InChI=1S/C13H11FN4OS/c14-8-4-2-1-3-6(8)9-7(5-15)11(16)18-13(20)10(9)12(17)19/h1-4,9,18,20H,16H2,(H2,17,19)/t9-/m1/s1. The summed E-state index contributed by atoms with van der Waals surface area (Å²) < 4.78 is 14.0. The van der Waals surface area contributed by atoms with Gasteiger partial charge in [-0.3, -0.25) is 4.79 Å². The first-order valence-electron chi connectivity index (χ1n) is 5.61. The van der Waals surface area contributed by atoms with Gasteiger partial charge in [0.05, 0.1) is 28.2 Å². The number of dihydropyridines is 1. The Labute approximate surface area is 120 Å². The average Bonchev–Trinajstić information content (AvgIpc) is 2.38. The monoisotopic (exact) mass is 290 g/mol. The van der Waals surface area contributed by atoms with E-state index in [4.69, 9.17) is 11.5 Å². The molecule has 0 unspecified atom stereocenters. The van der Waals surface area contributed by atoms with Crippen molar-refractivity contribution in [3.05, 3.63) is 57.6 Å². The molecule has 1 aromatic carbocycles. The first kappa shape index (κ1) is 14.0. The molecule has 0 saturated carbocycles. The fourth-order valence-electron chi connectivity index (χ4n) is 2.10. The van der Waals surface area contributed by atoms with Crippen molar-refractivity contribution in [2.45, 2.75) is 5.92 Å². The topological polar surface area (TPSA) is 105 Å². The molecule has 5 N–H and O–H groups in total. The molecule has 1 amide bonds. The molecule has 7 heteroatoms. The minimum atomic E-state index is -0.965. The maximum atomic E-state index is 14.0. The fraction of sp³-hybridized carbons (Fsp3) is 0.0769. The van der Waals surface area contributed by atoms with E-state index in [1.54, 1.807) is 6.07 Å². The minimum Gasteiger partial charge on any atom is -0.384 e. The van der Waals surface area contributed by atoms with Crippen molar-refractivity contribution in [1.82, 2.24) is 5.32 Å². The van der Waals surface area contributed by atoms with Crippen LogP contribution in [0.15, 0.2) is 46.3 Å². The Morgan fingerprint density at radius 1 is 1.45 bits per heavy atom. The molecule has 1 aliphatic heterocycles. The third-order valence-corrected chi connectivity index (χ3v) is 3.33. The van der Waals surface area contributed by atoms with Crippen LogP contribution in [-0.2, 0) is 4.79 Å². The lowest BCUT2D eigenvalue weighted by Gasteiger charge is -2.27. The van der Waals surface area contributed by atoms with Gasteiger partial charge < -0.3 is 16.8 Å². The van der Waals surface area contributed by atoms with Crippen LogP contribution in [0.5, 0.6) is 0 Å². The van der Waals surface area contributed by atoms with Crippen molar-refractivity contribution in [1.29, 1.82) is 5.26 Å². The van der Waals surface area contributed by atoms with Gasteiger partial charge in [0.15, 0.2) is 0 Å². The number of nitrogens with one attached hydrogen (secondary N) is 1. The Morgan fingerprint density at radius 3 is 2.65 bits per heavy atom. The Kier molecular flexibility index (Phi) is 3.68. The summed E-state index contributed by atoms with van der Waals surface area (Å²) in [4.78, 5) is 11.6. The van der Waals surface area contributed by atoms with Gasteiger partial charge in [-0.05, 0) is 6.07 Å². The van der Waals surface area contributed by atoms with E-state index in [2.05, 4.69) is 17.9 Å². The van der Waals surface area contributed by atoms with Gasteiger partial charge in [0.25, 0.3) is 0 Å². The quantitative estimate of drug-likeness (QED) is 0.605. The number of nitriles is 1. The predicted molar refractivity (Wildman–Crippen MR) is 74.3 cm³/mol. The second kappa shape index (κ2) is 5.27. The zero-order valence-corrected chi connectivity index (χ0v) is 11.1. The highest BCUT2D eigenvalue weighted by molar-refractivity contribution is 7.84. The third-order valence-electron chi connectivity index (χ3n) is 2.98. The van der Waals surface area contributed by atoms with E-state index in [9.17, 15) is 14.4 Å². The highest BCUT2D eigenvalue weighted by Crippen LogP contribution is 2.38. The summed E-state index contributed by atoms with van der Waals surface area (Å²) in [6.07, 6.45) is 0. The maximum Gasteiger partial charge on any atom is 0.248 e. The SMILES string of the molecule is N#CC1=C(N)NC(S)=C(C(N)=O)[C@@H]1c1ccccc1F. The number of hydrogen-bond donors (Lipinski definition) is 4. The number of rotatable bonds is 2. The molecular formula is C13H11FN4OS. The number of thiol groups is 1. The largest absolute Gasteiger partial charge is 0.384 e. The number of allylic oxidation sites excluding steroid dienone is 1. The maximum absolute atomic E-state index is 14.0. The van der Waals surface area contributed by atoms with Crippen LogP contribution in [0, 0.1) is 17.1 Å². The highest BCUT2D eigenvalue weighted by atomic mass is 32.1. The van der Waals surface area contributed by atoms with Gasteiger partial charge in [0, 0.05) is 5.56 Å². The molecule has 0 aliphatic carbocycles. The van der Waals surface area contributed by atoms with Gasteiger partial charge >= 0.3 is 0 Å². The molecule has 1 aliphatic rings. The van der Waals surface area contributed by atoms with Crippen molar-refractivity contribution in [2.75, 3.05) is 0 Å². The van der Waals surface area contributed by atoms with Crippen LogP contribution in [0.3, 0.4) is 0 Å². The van der Waals surface area contributed by atoms with E-state index < -0.39 is 17.6 Å². The van der Waals surface area contributed by atoms with Crippen molar-refractivity contribution in [2.24, 2.45) is 11.5 Å². The fourth-order valence-corrected chi connectivity index (χ4v) is 2.46. The Hall–Kier alpha value is -2.46. The van der Waals surface area contributed by atoms with Gasteiger partial charge in [-0.15, -0.1) is 12.6 Å². The molecule has 1 aromatic rings. The van der Waals surface area contributed by atoms with E-state index in [1.807, 2.05) is 6.07 Å². The van der Waals surface area contributed by atoms with Crippen LogP contribution >= 0.6 is 12.6 Å². The number of primary amides is 1. The first-order valence-corrected chi connectivity index (χ1v) is 6.06. The number of halogens is 1. The van der Waals surface area contributed by atoms with E-state index >= 15 is 0 Å². The normalized spacial score (nSPS) is 18.6. The summed E-state index contributed by atoms with van der Waals surface area (Å²) >= 11 is 4.10. The molecule has 20 heavy (non-hydrogen) atoms. The molecule has 1 heterocycles. The predicted octanol–water partition coefficient (Wildman–Crippen LogP) is 0.833. The zero-order chi connectivity index (χ0) is 14.9. The average molecular weight is 290 g/mol. The lowest BCUT2D eigenvalue weighted by atomic mass is 9.83. The number of benzene rings is 1. The lowest BCUT2D eigenvalue weighted by Crippen LogP contribution is -2.34. The van der Waals surface area contributed by atoms with E-state index in [1.165, 1.54) is 18.2 Å². The molecule has 102 valence electrons. The summed E-state index contributed by atoms with van der Waals surface area (Å²) in [6, 6.07) is 7.70. The molecule has 0 spiro atoms. The number of carbonyl (C=O) groups excluding carboxylic acids is 1. The van der Waals surface area contributed by atoms with Crippen LogP contribution < -0.4 is 16.8 Å². The lowest BCUT2D eigenvalue weighted by molar-refractivity contribution is -0.114. The summed E-state index contributed by atoms with van der Waals surface area (Å²) in [6.45, 7) is 0. The number of nitrogens with zero attached hydrogens (tertiary/aromatic N) is 1. The summed E-state index contributed by atoms with van der Waals surface area (Å²) in [7, 11) is 0. The molecule has 2 rings (SSSR count). The minimum absolute atomic E-state index is 0.00387. The van der Waals surface area contributed by atoms with E-state index in [0.29, 0.717) is 0 Å². The molecular weight excluding hydrogens is 279 g/mol. The number of nitrogens with two attached hydrogens (primary N) is 2. The molecule has 5 nitrogen and oxygen atoms in total. The molecule has 1 atom stereocenters. The summed E-state index contributed by atoms with van der Waals surface area (Å²) in [5.41, 5.74) is 11.2. The molecule has 0 radical (unpaired) electrons. The van der Waals surface area contributed by atoms with Gasteiger partial charge in [-0.1, -0.05) is 18.2 Å². The van der Waals surface area contributed by atoms with Crippen molar-refractivity contribution in [3.63, 3.8) is 0 Å². The summed E-state index contributed by atoms with van der Waals surface area (Å²) in [5.74, 6) is -2.29. The Morgan fingerprint density at radius 2 is 2.10 bits per heavy atom. The van der Waals surface area contributed by atoms with Gasteiger partial charge in [-0.2, -0.15) is 5.26 Å². The van der Waals surface area contributed by atoms with Crippen molar-refractivity contribution >= 4 is 18.5 Å². The molecule has 0 aromatic heterocycles. The van der Waals surface area contributed by atoms with Crippen LogP contribution in [0.2, 0.25) is 0 Å². The van der Waals surface area contributed by atoms with E-state index in [-0.39, 0.29) is 27.6 Å².